The fourth-order valence-corrected chi connectivity index (χ4v) is 1.46. The number of aromatic nitrogens is 5. The SMILES string of the molecule is CC(C)(C)OC(=O)/C=C/n1nnn(-c2cccnc2)c1=O. The zero-order valence-electron chi connectivity index (χ0n) is 11.9. The van der Waals surface area contributed by atoms with Gasteiger partial charge in [-0.3, -0.25) is 4.98 Å². The maximum absolute atomic E-state index is 12.0. The first-order valence-corrected chi connectivity index (χ1v) is 6.23. The number of carbonyl (C=O) groups is 1. The van der Waals surface area contributed by atoms with Crippen LogP contribution in [0.4, 0.5) is 0 Å². The van der Waals surface area contributed by atoms with Crippen LogP contribution in [0.3, 0.4) is 0 Å². The zero-order valence-corrected chi connectivity index (χ0v) is 11.9. The lowest BCUT2D eigenvalue weighted by molar-refractivity contribution is -0.148. The van der Waals surface area contributed by atoms with Crippen LogP contribution in [0.15, 0.2) is 35.4 Å². The van der Waals surface area contributed by atoms with Crippen molar-refractivity contribution in [3.05, 3.63) is 41.1 Å². The molecule has 0 aliphatic rings. The highest BCUT2D eigenvalue weighted by Gasteiger charge is 2.14. The highest BCUT2D eigenvalue weighted by Crippen LogP contribution is 2.07. The molecule has 110 valence electrons. The maximum Gasteiger partial charge on any atom is 0.372 e. The predicted molar refractivity (Wildman–Crippen MR) is 74.6 cm³/mol. The molecule has 21 heavy (non-hydrogen) atoms. The summed E-state index contributed by atoms with van der Waals surface area (Å²) in [6.07, 6.45) is 5.39. The number of ether oxygens (including phenoxy) is 1. The number of tetrazole rings is 1. The third kappa shape index (κ3) is 3.85. The quantitative estimate of drug-likeness (QED) is 0.608. The van der Waals surface area contributed by atoms with Crippen LogP contribution >= 0.6 is 0 Å². The first kappa shape index (κ1) is 14.6. The summed E-state index contributed by atoms with van der Waals surface area (Å²) >= 11 is 0. The molecule has 8 nitrogen and oxygen atoms in total. The zero-order chi connectivity index (χ0) is 15.5. The number of rotatable bonds is 3. The molecule has 2 rings (SSSR count). The third-order valence-corrected chi connectivity index (χ3v) is 2.25. The van der Waals surface area contributed by atoms with E-state index in [9.17, 15) is 9.59 Å². The molecule has 0 N–H and O–H groups in total. The Morgan fingerprint density at radius 2 is 2.10 bits per heavy atom. The van der Waals surface area contributed by atoms with E-state index in [0.717, 1.165) is 15.4 Å². The summed E-state index contributed by atoms with van der Waals surface area (Å²) in [7, 11) is 0. The number of carbonyl (C=O) groups excluding carboxylic acids is 1. The van der Waals surface area contributed by atoms with Crippen LogP contribution in [0.2, 0.25) is 0 Å². The van der Waals surface area contributed by atoms with Gasteiger partial charge in [-0.15, -0.1) is 0 Å². The van der Waals surface area contributed by atoms with E-state index in [-0.39, 0.29) is 0 Å². The van der Waals surface area contributed by atoms with E-state index in [1.165, 1.54) is 12.4 Å². The van der Waals surface area contributed by atoms with Crippen molar-refractivity contribution in [2.45, 2.75) is 26.4 Å². The first-order valence-electron chi connectivity index (χ1n) is 6.23. The van der Waals surface area contributed by atoms with E-state index < -0.39 is 17.3 Å². The van der Waals surface area contributed by atoms with Gasteiger partial charge in [0, 0.05) is 18.5 Å². The maximum atomic E-state index is 12.0. The average molecular weight is 289 g/mol. The van der Waals surface area contributed by atoms with Gasteiger partial charge in [-0.1, -0.05) is 0 Å². The predicted octanol–water partition coefficient (Wildman–Crippen LogP) is 0.636. The highest BCUT2D eigenvalue weighted by atomic mass is 16.6. The van der Waals surface area contributed by atoms with Gasteiger partial charge in [0.25, 0.3) is 0 Å². The lowest BCUT2D eigenvalue weighted by Crippen LogP contribution is -2.23. The van der Waals surface area contributed by atoms with E-state index in [0.29, 0.717) is 5.69 Å². The van der Waals surface area contributed by atoms with Crippen molar-refractivity contribution >= 4 is 12.2 Å². The van der Waals surface area contributed by atoms with Crippen LogP contribution in [0, 0.1) is 0 Å². The van der Waals surface area contributed by atoms with Gasteiger partial charge in [-0.25, -0.2) is 9.59 Å². The second-order valence-electron chi connectivity index (χ2n) is 5.18. The lowest BCUT2D eigenvalue weighted by Gasteiger charge is -2.17. The van der Waals surface area contributed by atoms with Crippen molar-refractivity contribution in [3.8, 4) is 5.69 Å². The molecule has 0 amide bonds. The van der Waals surface area contributed by atoms with Crippen molar-refractivity contribution in [2.24, 2.45) is 0 Å². The van der Waals surface area contributed by atoms with Crippen LogP contribution in [0.25, 0.3) is 11.9 Å². The molecule has 2 aromatic heterocycles. The molecule has 0 aromatic carbocycles. The second kappa shape index (κ2) is 5.70. The summed E-state index contributed by atoms with van der Waals surface area (Å²) in [6.45, 7) is 5.26. The van der Waals surface area contributed by atoms with Gasteiger partial charge < -0.3 is 4.74 Å². The number of esters is 1. The highest BCUT2D eigenvalue weighted by molar-refractivity contribution is 5.85. The van der Waals surface area contributed by atoms with Gasteiger partial charge in [0.05, 0.1) is 11.9 Å². The van der Waals surface area contributed by atoms with Crippen LogP contribution in [0.5, 0.6) is 0 Å². The molecule has 0 spiro atoms. The molecule has 0 aliphatic heterocycles. The monoisotopic (exact) mass is 289 g/mol. The van der Waals surface area contributed by atoms with E-state index in [1.54, 1.807) is 39.1 Å². The lowest BCUT2D eigenvalue weighted by atomic mass is 10.2. The minimum absolute atomic E-state index is 0.486. The van der Waals surface area contributed by atoms with Crippen LogP contribution < -0.4 is 5.69 Å². The largest absolute Gasteiger partial charge is 0.457 e. The van der Waals surface area contributed by atoms with Crippen molar-refractivity contribution in [2.75, 3.05) is 0 Å². The Kier molecular flexibility index (Phi) is 3.97. The molecule has 0 fully saturated rings. The van der Waals surface area contributed by atoms with Crippen molar-refractivity contribution in [1.29, 1.82) is 0 Å². The smallest absolute Gasteiger partial charge is 0.372 e. The van der Waals surface area contributed by atoms with Crippen LogP contribution in [-0.2, 0) is 9.53 Å². The third-order valence-electron chi connectivity index (χ3n) is 2.25. The normalized spacial score (nSPS) is 11.8. The summed E-state index contributed by atoms with van der Waals surface area (Å²) in [6, 6.07) is 3.35. The van der Waals surface area contributed by atoms with Gasteiger partial charge in [0.15, 0.2) is 0 Å². The average Bonchev–Trinajstić information content (AvgIpc) is 2.77. The molecule has 0 aliphatic carbocycles. The minimum atomic E-state index is -0.598. The molecular weight excluding hydrogens is 274 g/mol. The van der Waals surface area contributed by atoms with Gasteiger partial charge in [-0.2, -0.15) is 9.36 Å². The van der Waals surface area contributed by atoms with Crippen LogP contribution in [0.1, 0.15) is 20.8 Å². The number of hydrogen-bond acceptors (Lipinski definition) is 6. The number of pyridine rings is 1. The fraction of sp³-hybridized carbons (Fsp3) is 0.308. The summed E-state index contributed by atoms with van der Waals surface area (Å²) in [5.41, 5.74) is -0.623. The minimum Gasteiger partial charge on any atom is -0.457 e. The first-order chi connectivity index (χ1) is 9.87. The number of nitrogens with zero attached hydrogens (tertiary/aromatic N) is 5. The molecule has 2 heterocycles. The Bertz CT molecular complexity index is 709. The summed E-state index contributed by atoms with van der Waals surface area (Å²) in [4.78, 5) is 27.5. The Morgan fingerprint density at radius 1 is 1.33 bits per heavy atom. The van der Waals surface area contributed by atoms with E-state index in [2.05, 4.69) is 15.4 Å². The summed E-state index contributed by atoms with van der Waals surface area (Å²) < 4.78 is 7.10. The molecule has 2 aromatic rings. The van der Waals surface area contributed by atoms with E-state index in [4.69, 9.17) is 4.74 Å². The van der Waals surface area contributed by atoms with Crippen LogP contribution in [-0.4, -0.2) is 36.3 Å². The Hall–Kier alpha value is -2.77. The molecule has 0 atom stereocenters. The number of hydrogen-bond donors (Lipinski definition) is 0. The van der Waals surface area contributed by atoms with E-state index in [1.807, 2.05) is 0 Å². The molecule has 0 saturated heterocycles. The molecule has 0 saturated carbocycles. The van der Waals surface area contributed by atoms with Crippen molar-refractivity contribution in [1.82, 2.24) is 24.8 Å². The standard InChI is InChI=1S/C13H15N5O3/c1-13(2,3)21-11(19)6-8-17-12(20)18(16-15-17)10-5-4-7-14-9-10/h4-9H,1-3H3/b8-6+. The summed E-state index contributed by atoms with van der Waals surface area (Å²) in [5.74, 6) is -0.565. The molecule has 0 unspecified atom stereocenters. The summed E-state index contributed by atoms with van der Waals surface area (Å²) in [5, 5.41) is 7.37. The van der Waals surface area contributed by atoms with Gasteiger partial charge in [-0.05, 0) is 43.3 Å². The molecule has 8 heteroatoms. The van der Waals surface area contributed by atoms with E-state index >= 15 is 0 Å². The molecular formula is C13H15N5O3. The van der Waals surface area contributed by atoms with Gasteiger partial charge >= 0.3 is 11.7 Å². The Labute approximate surface area is 120 Å². The van der Waals surface area contributed by atoms with Crippen molar-refractivity contribution in [3.63, 3.8) is 0 Å². The second-order valence-corrected chi connectivity index (χ2v) is 5.18. The van der Waals surface area contributed by atoms with Crippen molar-refractivity contribution < 1.29 is 9.53 Å². The van der Waals surface area contributed by atoms with Gasteiger partial charge in [0.1, 0.15) is 5.60 Å². The van der Waals surface area contributed by atoms with Gasteiger partial charge in [0.2, 0.25) is 0 Å². The topological polar surface area (TPSA) is 91.9 Å². The Balaban J connectivity index is 2.19. The Morgan fingerprint density at radius 3 is 2.71 bits per heavy atom. The molecule has 0 radical (unpaired) electrons. The fourth-order valence-electron chi connectivity index (χ4n) is 1.46. The molecule has 0 bridgehead atoms.